The van der Waals surface area contributed by atoms with Crippen molar-refractivity contribution in [2.45, 2.75) is 30.3 Å². The van der Waals surface area contributed by atoms with Crippen LogP contribution in [-0.4, -0.2) is 20.4 Å². The molecule has 0 spiro atoms. The van der Waals surface area contributed by atoms with Gasteiger partial charge in [-0.1, -0.05) is 48.0 Å². The molecule has 0 aromatic heterocycles. The van der Waals surface area contributed by atoms with Crippen molar-refractivity contribution in [3.63, 3.8) is 0 Å². The van der Waals surface area contributed by atoms with Gasteiger partial charge < -0.3 is 5.32 Å². The third-order valence-corrected chi connectivity index (χ3v) is 5.43. The predicted octanol–water partition coefficient (Wildman–Crippen LogP) is 1.90. The topological polar surface area (TPSA) is 75.3 Å². The van der Waals surface area contributed by atoms with E-state index in [0.29, 0.717) is 0 Å². The summed E-state index contributed by atoms with van der Waals surface area (Å²) in [7, 11) is -3.67. The molecule has 1 heterocycles. The van der Waals surface area contributed by atoms with E-state index in [2.05, 4.69) is 10.0 Å². The van der Waals surface area contributed by atoms with Gasteiger partial charge in [-0.2, -0.15) is 0 Å². The Morgan fingerprint density at radius 2 is 1.70 bits per heavy atom. The van der Waals surface area contributed by atoms with Gasteiger partial charge in [-0.25, -0.2) is 13.1 Å². The van der Waals surface area contributed by atoms with Gasteiger partial charge >= 0.3 is 0 Å². The van der Waals surface area contributed by atoms with Crippen LogP contribution in [0.1, 0.15) is 23.6 Å². The summed E-state index contributed by atoms with van der Waals surface area (Å²) in [6.07, 6.45) is 0.130. The molecule has 1 aliphatic heterocycles. The predicted molar refractivity (Wildman–Crippen MR) is 87.2 cm³/mol. The molecule has 6 heteroatoms. The summed E-state index contributed by atoms with van der Waals surface area (Å²) in [4.78, 5) is 12.0. The molecule has 120 valence electrons. The molecule has 2 atom stereocenters. The number of hydrogen-bond acceptors (Lipinski definition) is 3. The fraction of sp³-hybridized carbons (Fsp3) is 0.235. The Morgan fingerprint density at radius 3 is 2.35 bits per heavy atom. The third kappa shape index (κ3) is 3.43. The number of rotatable bonds is 4. The van der Waals surface area contributed by atoms with E-state index in [9.17, 15) is 13.2 Å². The zero-order chi connectivity index (χ0) is 16.4. The van der Waals surface area contributed by atoms with Crippen LogP contribution >= 0.6 is 0 Å². The Balaban J connectivity index is 1.85. The average Bonchev–Trinajstić information content (AvgIpc) is 2.88. The van der Waals surface area contributed by atoms with E-state index in [1.807, 2.05) is 37.3 Å². The lowest BCUT2D eigenvalue weighted by atomic mass is 10.0. The Hall–Kier alpha value is -2.18. The van der Waals surface area contributed by atoms with Crippen LogP contribution in [-0.2, 0) is 14.8 Å². The number of amides is 1. The van der Waals surface area contributed by atoms with Crippen LogP contribution in [0.2, 0.25) is 0 Å². The lowest BCUT2D eigenvalue weighted by molar-refractivity contribution is -0.119. The van der Waals surface area contributed by atoms with Crippen LogP contribution in [0.15, 0.2) is 59.5 Å². The van der Waals surface area contributed by atoms with Crippen LogP contribution in [0.4, 0.5) is 0 Å². The molecule has 0 radical (unpaired) electrons. The molecule has 1 amide bonds. The van der Waals surface area contributed by atoms with Crippen LogP contribution in [0.25, 0.3) is 0 Å². The third-order valence-electron chi connectivity index (χ3n) is 3.92. The van der Waals surface area contributed by atoms with E-state index in [-0.39, 0.29) is 23.3 Å². The standard InChI is InChI=1S/C17H18N2O3S/c1-12-7-9-14(10-8-12)23(21,22)19-15-11-16(20)18-17(15)13-5-3-2-4-6-13/h2-10,15,17,19H,11H2,1H3,(H,18,20)/t15-,17+/m0/s1. The minimum absolute atomic E-state index is 0.130. The maximum Gasteiger partial charge on any atom is 0.240 e. The smallest absolute Gasteiger partial charge is 0.240 e. The van der Waals surface area contributed by atoms with Crippen molar-refractivity contribution in [1.82, 2.24) is 10.0 Å². The van der Waals surface area contributed by atoms with Crippen LogP contribution in [0.3, 0.4) is 0 Å². The molecule has 5 nitrogen and oxygen atoms in total. The lowest BCUT2D eigenvalue weighted by Crippen LogP contribution is -2.38. The average molecular weight is 330 g/mol. The van der Waals surface area contributed by atoms with Gasteiger partial charge in [-0.15, -0.1) is 0 Å². The largest absolute Gasteiger partial charge is 0.348 e. The second-order valence-corrected chi connectivity index (χ2v) is 7.41. The van der Waals surface area contributed by atoms with Gasteiger partial charge in [0.2, 0.25) is 15.9 Å². The molecule has 2 aromatic carbocycles. The van der Waals surface area contributed by atoms with Gasteiger partial charge in [-0.3, -0.25) is 4.79 Å². The van der Waals surface area contributed by atoms with Gasteiger partial charge in [0.15, 0.2) is 0 Å². The van der Waals surface area contributed by atoms with Crippen molar-refractivity contribution in [2.75, 3.05) is 0 Å². The van der Waals surface area contributed by atoms with Crippen molar-refractivity contribution in [3.05, 3.63) is 65.7 Å². The van der Waals surface area contributed by atoms with Crippen LogP contribution in [0, 0.1) is 6.92 Å². The zero-order valence-electron chi connectivity index (χ0n) is 12.7. The molecule has 0 aliphatic carbocycles. The van der Waals surface area contributed by atoms with Crippen molar-refractivity contribution in [1.29, 1.82) is 0 Å². The molecule has 1 saturated heterocycles. The van der Waals surface area contributed by atoms with E-state index in [1.165, 1.54) is 0 Å². The van der Waals surface area contributed by atoms with Gasteiger partial charge in [0.1, 0.15) is 0 Å². The quantitative estimate of drug-likeness (QED) is 0.899. The number of nitrogens with one attached hydrogen (secondary N) is 2. The first-order valence-electron chi connectivity index (χ1n) is 7.39. The van der Waals surface area contributed by atoms with Gasteiger partial charge in [0, 0.05) is 6.42 Å². The van der Waals surface area contributed by atoms with E-state index in [1.54, 1.807) is 24.3 Å². The van der Waals surface area contributed by atoms with E-state index in [0.717, 1.165) is 11.1 Å². The first kappa shape index (κ1) is 15.7. The molecule has 23 heavy (non-hydrogen) atoms. The SMILES string of the molecule is Cc1ccc(S(=O)(=O)N[C@H]2CC(=O)N[C@@H]2c2ccccc2)cc1. The highest BCUT2D eigenvalue weighted by Crippen LogP contribution is 2.26. The first-order chi connectivity index (χ1) is 11.0. The Bertz CT molecular complexity index is 801. The van der Waals surface area contributed by atoms with Crippen molar-refractivity contribution >= 4 is 15.9 Å². The Morgan fingerprint density at radius 1 is 1.04 bits per heavy atom. The molecular weight excluding hydrogens is 312 g/mol. The van der Waals surface area contributed by atoms with Gasteiger partial charge in [0.25, 0.3) is 0 Å². The fourth-order valence-electron chi connectivity index (χ4n) is 2.72. The van der Waals surface area contributed by atoms with E-state index >= 15 is 0 Å². The lowest BCUT2D eigenvalue weighted by Gasteiger charge is -2.20. The minimum Gasteiger partial charge on any atom is -0.348 e. The van der Waals surface area contributed by atoms with Crippen molar-refractivity contribution in [3.8, 4) is 0 Å². The molecule has 0 unspecified atom stereocenters. The number of aryl methyl sites for hydroxylation is 1. The molecule has 2 N–H and O–H groups in total. The number of carbonyl (C=O) groups is 1. The molecule has 1 fully saturated rings. The highest BCUT2D eigenvalue weighted by atomic mass is 32.2. The number of benzene rings is 2. The summed E-state index contributed by atoms with van der Waals surface area (Å²) in [5.74, 6) is -0.157. The first-order valence-corrected chi connectivity index (χ1v) is 8.87. The second-order valence-electron chi connectivity index (χ2n) is 5.70. The van der Waals surface area contributed by atoms with E-state index < -0.39 is 16.1 Å². The summed E-state index contributed by atoms with van der Waals surface area (Å²) >= 11 is 0. The minimum atomic E-state index is -3.67. The normalized spacial score (nSPS) is 21.2. The van der Waals surface area contributed by atoms with Crippen LogP contribution < -0.4 is 10.0 Å². The second kappa shape index (κ2) is 6.14. The molecule has 1 aliphatic rings. The maximum atomic E-state index is 12.5. The van der Waals surface area contributed by atoms with Gasteiger partial charge in [0.05, 0.1) is 17.0 Å². The Labute approximate surface area is 135 Å². The molecule has 3 rings (SSSR count). The van der Waals surface area contributed by atoms with Crippen LogP contribution in [0.5, 0.6) is 0 Å². The highest BCUT2D eigenvalue weighted by Gasteiger charge is 2.36. The molecule has 2 aromatic rings. The summed E-state index contributed by atoms with van der Waals surface area (Å²) in [6.45, 7) is 1.90. The highest BCUT2D eigenvalue weighted by molar-refractivity contribution is 7.89. The molecular formula is C17H18N2O3S. The van der Waals surface area contributed by atoms with Crippen molar-refractivity contribution in [2.24, 2.45) is 0 Å². The maximum absolute atomic E-state index is 12.5. The summed E-state index contributed by atoms with van der Waals surface area (Å²) in [6, 6.07) is 15.1. The number of sulfonamides is 1. The molecule has 0 bridgehead atoms. The summed E-state index contributed by atoms with van der Waals surface area (Å²) < 4.78 is 27.7. The number of hydrogen-bond donors (Lipinski definition) is 2. The Kier molecular flexibility index (Phi) is 4.19. The fourth-order valence-corrected chi connectivity index (χ4v) is 3.97. The molecule has 0 saturated carbocycles. The summed E-state index contributed by atoms with van der Waals surface area (Å²) in [5, 5.41) is 2.84. The van der Waals surface area contributed by atoms with Gasteiger partial charge in [-0.05, 0) is 24.6 Å². The van der Waals surface area contributed by atoms with Crippen molar-refractivity contribution < 1.29 is 13.2 Å². The van der Waals surface area contributed by atoms with E-state index in [4.69, 9.17) is 0 Å². The zero-order valence-corrected chi connectivity index (χ0v) is 13.5. The summed E-state index contributed by atoms with van der Waals surface area (Å²) in [5.41, 5.74) is 1.87. The number of carbonyl (C=O) groups excluding carboxylic acids is 1. The monoisotopic (exact) mass is 330 g/mol.